The minimum atomic E-state index is -4.58. The molecule has 4 nitrogen and oxygen atoms in total. The van der Waals surface area contributed by atoms with Crippen molar-refractivity contribution in [3.63, 3.8) is 0 Å². The molecule has 0 spiro atoms. The van der Waals surface area contributed by atoms with Gasteiger partial charge in [-0.3, -0.25) is 4.79 Å². The third-order valence-electron chi connectivity index (χ3n) is 4.32. The number of hydrogen-bond donors (Lipinski definition) is 1. The number of halogens is 3. The molecule has 27 heavy (non-hydrogen) atoms. The highest BCUT2D eigenvalue weighted by Gasteiger charge is 2.35. The summed E-state index contributed by atoms with van der Waals surface area (Å²) in [6.07, 6.45) is -3.60. The summed E-state index contributed by atoms with van der Waals surface area (Å²) < 4.78 is 46.3. The quantitative estimate of drug-likeness (QED) is 0.808. The zero-order valence-corrected chi connectivity index (χ0v) is 15.4. The number of anilines is 1. The Morgan fingerprint density at radius 1 is 1.26 bits per heavy atom. The predicted molar refractivity (Wildman–Crippen MR) is 96.1 cm³/mol. The van der Waals surface area contributed by atoms with E-state index in [2.05, 4.69) is 0 Å². The van der Waals surface area contributed by atoms with Gasteiger partial charge in [-0.15, -0.1) is 0 Å². The number of alkyl halides is 3. The lowest BCUT2D eigenvalue weighted by atomic mass is 10.2. The van der Waals surface area contributed by atoms with Gasteiger partial charge in [-0.05, 0) is 36.2 Å². The summed E-state index contributed by atoms with van der Waals surface area (Å²) in [6.45, 7) is 0.102. The molecule has 0 atom stereocenters. The normalized spacial score (nSPS) is 14.7. The van der Waals surface area contributed by atoms with E-state index >= 15 is 0 Å². The molecule has 0 aliphatic carbocycles. The zero-order valence-electron chi connectivity index (χ0n) is 14.5. The Kier molecular flexibility index (Phi) is 5.67. The lowest BCUT2D eigenvalue weighted by Gasteiger charge is -2.20. The van der Waals surface area contributed by atoms with Crippen molar-refractivity contribution in [1.82, 2.24) is 0 Å². The Morgan fingerprint density at radius 3 is 2.63 bits per heavy atom. The topological polar surface area (TPSA) is 49.8 Å². The van der Waals surface area contributed by atoms with Crippen molar-refractivity contribution in [1.29, 1.82) is 0 Å². The van der Waals surface area contributed by atoms with Gasteiger partial charge in [0.2, 0.25) is 5.91 Å². The van der Waals surface area contributed by atoms with Crippen LogP contribution in [0.15, 0.2) is 46.2 Å². The number of amides is 1. The van der Waals surface area contributed by atoms with E-state index in [9.17, 15) is 23.1 Å². The summed E-state index contributed by atoms with van der Waals surface area (Å²) in [5.74, 6) is 0.217. The lowest BCUT2D eigenvalue weighted by molar-refractivity contribution is -0.139. The molecule has 1 heterocycles. The van der Waals surface area contributed by atoms with Gasteiger partial charge in [0.1, 0.15) is 5.75 Å². The first-order chi connectivity index (χ1) is 12.8. The second kappa shape index (κ2) is 7.82. The van der Waals surface area contributed by atoms with Gasteiger partial charge in [-0.25, -0.2) is 0 Å². The Morgan fingerprint density at radius 2 is 2.04 bits per heavy atom. The molecule has 1 fully saturated rings. The maximum Gasteiger partial charge on any atom is 0.417 e. The average molecular weight is 397 g/mol. The van der Waals surface area contributed by atoms with E-state index in [4.69, 9.17) is 4.74 Å². The van der Waals surface area contributed by atoms with Gasteiger partial charge >= 0.3 is 6.18 Å². The second-order valence-corrected chi connectivity index (χ2v) is 7.09. The fourth-order valence-electron chi connectivity index (χ4n) is 2.99. The largest absolute Gasteiger partial charge is 0.496 e. The van der Waals surface area contributed by atoms with Crippen LogP contribution < -0.4 is 9.64 Å². The van der Waals surface area contributed by atoms with Crippen LogP contribution >= 0.6 is 11.8 Å². The zero-order chi connectivity index (χ0) is 19.6. The van der Waals surface area contributed by atoms with Crippen LogP contribution in [0, 0.1) is 0 Å². The number of benzene rings is 2. The van der Waals surface area contributed by atoms with E-state index in [0.717, 1.165) is 17.8 Å². The summed E-state index contributed by atoms with van der Waals surface area (Å²) in [7, 11) is 1.42. The number of hydrogen-bond acceptors (Lipinski definition) is 4. The van der Waals surface area contributed by atoms with Gasteiger partial charge < -0.3 is 14.7 Å². The highest BCUT2D eigenvalue weighted by Crippen LogP contribution is 2.45. The first kappa shape index (κ1) is 19.6. The van der Waals surface area contributed by atoms with Crippen molar-refractivity contribution in [3.05, 3.63) is 47.5 Å². The molecule has 144 valence electrons. The number of rotatable bonds is 5. The predicted octanol–water partition coefficient (Wildman–Crippen LogP) is 4.48. The van der Waals surface area contributed by atoms with Crippen molar-refractivity contribution in [3.8, 4) is 5.75 Å². The van der Waals surface area contributed by atoms with Crippen molar-refractivity contribution >= 4 is 23.4 Å². The molecule has 8 heteroatoms. The third kappa shape index (κ3) is 4.06. The van der Waals surface area contributed by atoms with Crippen molar-refractivity contribution < 1.29 is 27.8 Å². The molecule has 0 unspecified atom stereocenters. The maximum atomic E-state index is 13.7. The standard InChI is InChI=1S/C19H18F3NO3S/c1-26-15-5-2-4-12(11-24)18(15)27-16-8-7-13(10-14(16)19(20,21)22)23-9-3-6-17(23)25/h2,4-5,7-8,10,24H,3,6,9,11H2,1H3. The lowest BCUT2D eigenvalue weighted by Crippen LogP contribution is -2.24. The first-order valence-corrected chi connectivity index (χ1v) is 9.13. The van der Waals surface area contributed by atoms with E-state index in [-0.39, 0.29) is 23.1 Å². The first-order valence-electron chi connectivity index (χ1n) is 8.31. The third-order valence-corrected chi connectivity index (χ3v) is 5.56. The van der Waals surface area contributed by atoms with Gasteiger partial charge in [-0.2, -0.15) is 13.2 Å². The summed E-state index contributed by atoms with van der Waals surface area (Å²) >= 11 is 0.887. The summed E-state index contributed by atoms with van der Waals surface area (Å²) in [4.78, 5) is 13.7. The Balaban J connectivity index is 2.05. The number of nitrogens with zero attached hydrogens (tertiary/aromatic N) is 1. The molecule has 0 aromatic heterocycles. The maximum absolute atomic E-state index is 13.7. The molecule has 3 rings (SSSR count). The van der Waals surface area contributed by atoms with Crippen molar-refractivity contribution in [2.24, 2.45) is 0 Å². The van der Waals surface area contributed by atoms with Crippen LogP contribution in [0.4, 0.5) is 18.9 Å². The van der Waals surface area contributed by atoms with Crippen molar-refractivity contribution in [2.45, 2.75) is 35.4 Å². The van der Waals surface area contributed by atoms with Gasteiger partial charge in [0, 0.05) is 23.5 Å². The molecule has 1 amide bonds. The van der Waals surface area contributed by atoms with Gasteiger partial charge in [-0.1, -0.05) is 23.9 Å². The Bertz CT molecular complexity index is 832. The van der Waals surface area contributed by atoms with E-state index in [1.165, 1.54) is 24.1 Å². The number of ether oxygens (including phenoxy) is 1. The minimum Gasteiger partial charge on any atom is -0.496 e. The van der Waals surface area contributed by atoms with Crippen LogP contribution in [0.25, 0.3) is 0 Å². The molecular weight excluding hydrogens is 379 g/mol. The van der Waals surface area contributed by atoms with Crippen LogP contribution in [-0.4, -0.2) is 24.7 Å². The number of aliphatic hydroxyl groups excluding tert-OH is 1. The summed E-state index contributed by atoms with van der Waals surface area (Å²) in [5.41, 5.74) is -0.0950. The van der Waals surface area contributed by atoms with Crippen LogP contribution in [0.3, 0.4) is 0 Å². The van der Waals surface area contributed by atoms with Gasteiger partial charge in [0.15, 0.2) is 0 Å². The van der Waals surface area contributed by atoms with Crippen LogP contribution in [0.2, 0.25) is 0 Å². The fourth-order valence-corrected chi connectivity index (χ4v) is 4.15. The fraction of sp³-hybridized carbons (Fsp3) is 0.316. The SMILES string of the molecule is COc1cccc(CO)c1Sc1ccc(N2CCCC2=O)cc1C(F)(F)F. The smallest absolute Gasteiger partial charge is 0.417 e. The highest BCUT2D eigenvalue weighted by atomic mass is 32.2. The second-order valence-electron chi connectivity index (χ2n) is 6.04. The van der Waals surface area contributed by atoms with Crippen molar-refractivity contribution in [2.75, 3.05) is 18.6 Å². The number of carbonyl (C=O) groups excluding carboxylic acids is 1. The van der Waals surface area contributed by atoms with Crippen LogP contribution in [-0.2, 0) is 17.6 Å². The summed E-state index contributed by atoms with van der Waals surface area (Å²) in [5, 5.41) is 9.53. The van der Waals surface area contributed by atoms with Gasteiger partial charge in [0.05, 0.1) is 24.2 Å². The summed E-state index contributed by atoms with van der Waals surface area (Å²) in [6, 6.07) is 8.83. The molecular formula is C19H18F3NO3S. The molecule has 0 bridgehead atoms. The van der Waals surface area contributed by atoms with Crippen LogP contribution in [0.1, 0.15) is 24.0 Å². The molecule has 1 N–H and O–H groups in total. The van der Waals surface area contributed by atoms with E-state index in [1.807, 2.05) is 0 Å². The monoisotopic (exact) mass is 397 g/mol. The molecule has 2 aromatic carbocycles. The van der Waals surface area contributed by atoms with E-state index in [0.29, 0.717) is 35.6 Å². The minimum absolute atomic E-state index is 0.0166. The molecule has 1 aliphatic rings. The highest BCUT2D eigenvalue weighted by molar-refractivity contribution is 7.99. The Labute approximate surface area is 158 Å². The average Bonchev–Trinajstić information content (AvgIpc) is 3.07. The van der Waals surface area contributed by atoms with Gasteiger partial charge in [0.25, 0.3) is 0 Å². The van der Waals surface area contributed by atoms with E-state index in [1.54, 1.807) is 18.2 Å². The number of carbonyl (C=O) groups is 1. The molecule has 2 aromatic rings. The molecule has 0 radical (unpaired) electrons. The molecule has 1 aliphatic heterocycles. The molecule has 0 saturated carbocycles. The number of methoxy groups -OCH3 is 1. The number of aliphatic hydroxyl groups is 1. The van der Waals surface area contributed by atoms with Crippen LogP contribution in [0.5, 0.6) is 5.75 Å². The Hall–Kier alpha value is -2.19. The molecule has 1 saturated heterocycles. The van der Waals surface area contributed by atoms with E-state index < -0.39 is 11.7 Å².